The van der Waals surface area contributed by atoms with Crippen LogP contribution < -0.4 is 10.6 Å². The molecule has 0 amide bonds. The fourth-order valence-electron chi connectivity index (χ4n) is 3.01. The second-order valence-corrected chi connectivity index (χ2v) is 7.79. The Kier molecular flexibility index (Phi) is 3.50. The summed E-state index contributed by atoms with van der Waals surface area (Å²) in [5.41, 5.74) is 3.85. The lowest BCUT2D eigenvalue weighted by molar-refractivity contribution is 0.574. The van der Waals surface area contributed by atoms with Gasteiger partial charge in [-0.15, -0.1) is 0 Å². The smallest absolute Gasteiger partial charge is 0.154 e. The van der Waals surface area contributed by atoms with E-state index in [-0.39, 0.29) is 5.25 Å². The van der Waals surface area contributed by atoms with Crippen LogP contribution in [0.4, 0.5) is 5.69 Å². The molecule has 2 N–H and O–H groups in total. The molecule has 1 aromatic rings. The van der Waals surface area contributed by atoms with Crippen molar-refractivity contribution >= 4 is 15.5 Å². The van der Waals surface area contributed by atoms with E-state index in [9.17, 15) is 8.42 Å². The van der Waals surface area contributed by atoms with Gasteiger partial charge in [0.05, 0.1) is 11.0 Å². The van der Waals surface area contributed by atoms with Crippen molar-refractivity contribution in [1.82, 2.24) is 5.32 Å². The quantitative estimate of drug-likeness (QED) is 0.873. The van der Waals surface area contributed by atoms with Crippen molar-refractivity contribution in [1.29, 1.82) is 0 Å². The van der Waals surface area contributed by atoms with Crippen molar-refractivity contribution in [3.05, 3.63) is 29.3 Å². The summed E-state index contributed by atoms with van der Waals surface area (Å²) >= 11 is 0. The maximum atomic E-state index is 11.7. The zero-order valence-electron chi connectivity index (χ0n) is 11.0. The molecule has 0 spiro atoms. The minimum Gasteiger partial charge on any atom is -0.384 e. The normalized spacial score (nSPS) is 24.1. The lowest BCUT2D eigenvalue weighted by Gasteiger charge is -2.13. The number of para-hydroxylation sites is 1. The number of sulfone groups is 1. The van der Waals surface area contributed by atoms with Crippen LogP contribution in [0.2, 0.25) is 0 Å². The largest absolute Gasteiger partial charge is 0.384 e. The van der Waals surface area contributed by atoms with Gasteiger partial charge in [0.1, 0.15) is 0 Å². The van der Waals surface area contributed by atoms with Crippen LogP contribution in [0.5, 0.6) is 0 Å². The van der Waals surface area contributed by atoms with Crippen LogP contribution in [0.1, 0.15) is 24.0 Å². The minimum absolute atomic E-state index is 0.183. The Morgan fingerprint density at radius 2 is 2.26 bits per heavy atom. The second-order valence-electron chi connectivity index (χ2n) is 5.39. The van der Waals surface area contributed by atoms with Crippen LogP contribution in [0.25, 0.3) is 0 Å². The predicted octanol–water partition coefficient (Wildman–Crippen LogP) is 1.32. The summed E-state index contributed by atoms with van der Waals surface area (Å²) in [7, 11) is -2.83. The Bertz CT molecular complexity index is 569. The molecule has 0 radical (unpaired) electrons. The van der Waals surface area contributed by atoms with E-state index in [1.165, 1.54) is 16.8 Å². The second kappa shape index (κ2) is 5.13. The van der Waals surface area contributed by atoms with Gasteiger partial charge in [-0.25, -0.2) is 8.42 Å². The molecule has 0 aromatic heterocycles. The molecule has 0 bridgehead atoms. The molecule has 4 nitrogen and oxygen atoms in total. The van der Waals surface area contributed by atoms with Crippen LogP contribution in [0, 0.1) is 0 Å². The molecule has 2 aliphatic rings. The number of nitrogens with one attached hydrogen (secondary N) is 2. The monoisotopic (exact) mass is 280 g/mol. The maximum Gasteiger partial charge on any atom is 0.154 e. The maximum absolute atomic E-state index is 11.7. The summed E-state index contributed by atoms with van der Waals surface area (Å²) in [6.45, 7) is 2.32. The highest BCUT2D eigenvalue weighted by Crippen LogP contribution is 2.26. The number of hydrogen-bond donors (Lipinski definition) is 2. The molecular weight excluding hydrogens is 260 g/mol. The molecule has 0 aliphatic carbocycles. The third kappa shape index (κ3) is 2.62. The number of rotatable bonds is 4. The van der Waals surface area contributed by atoms with Crippen molar-refractivity contribution < 1.29 is 8.42 Å². The topological polar surface area (TPSA) is 58.2 Å². The zero-order chi connectivity index (χ0) is 13.3. The van der Waals surface area contributed by atoms with E-state index < -0.39 is 9.84 Å². The number of hydrogen-bond acceptors (Lipinski definition) is 4. The van der Waals surface area contributed by atoms with Crippen molar-refractivity contribution in [2.75, 3.05) is 24.2 Å². The molecule has 3 rings (SSSR count). The molecular formula is C14H20N2O2S. The molecule has 104 valence electrons. The highest BCUT2D eigenvalue weighted by atomic mass is 32.2. The number of anilines is 1. The van der Waals surface area contributed by atoms with Crippen LogP contribution in [0.15, 0.2) is 18.2 Å². The van der Waals surface area contributed by atoms with Gasteiger partial charge in [0.2, 0.25) is 0 Å². The van der Waals surface area contributed by atoms with Gasteiger partial charge in [0.25, 0.3) is 0 Å². The average molecular weight is 280 g/mol. The first kappa shape index (κ1) is 12.9. The highest BCUT2D eigenvalue weighted by Gasteiger charge is 2.30. The van der Waals surface area contributed by atoms with Gasteiger partial charge in [-0.05, 0) is 30.4 Å². The molecule has 5 heteroatoms. The van der Waals surface area contributed by atoms with E-state index in [1.807, 2.05) is 0 Å². The minimum atomic E-state index is -2.83. The van der Waals surface area contributed by atoms with Crippen molar-refractivity contribution in [3.8, 4) is 0 Å². The van der Waals surface area contributed by atoms with Gasteiger partial charge in [0, 0.05) is 25.3 Å². The van der Waals surface area contributed by atoms with Crippen molar-refractivity contribution in [2.45, 2.75) is 31.1 Å². The molecule has 1 aromatic carbocycles. The summed E-state index contributed by atoms with van der Waals surface area (Å²) in [5.74, 6) is 0.363. The summed E-state index contributed by atoms with van der Waals surface area (Å²) in [4.78, 5) is 0. The van der Waals surface area contributed by atoms with Crippen LogP contribution in [-0.4, -0.2) is 32.5 Å². The van der Waals surface area contributed by atoms with E-state index >= 15 is 0 Å². The van der Waals surface area contributed by atoms with Crippen LogP contribution >= 0.6 is 0 Å². The third-order valence-corrected chi connectivity index (χ3v) is 6.36. The van der Waals surface area contributed by atoms with Crippen molar-refractivity contribution in [2.24, 2.45) is 0 Å². The fraction of sp³-hybridized carbons (Fsp3) is 0.571. The van der Waals surface area contributed by atoms with Gasteiger partial charge in [0.15, 0.2) is 9.84 Å². The van der Waals surface area contributed by atoms with Gasteiger partial charge < -0.3 is 10.6 Å². The highest BCUT2D eigenvalue weighted by molar-refractivity contribution is 7.92. The molecule has 19 heavy (non-hydrogen) atoms. The van der Waals surface area contributed by atoms with E-state index in [2.05, 4.69) is 28.8 Å². The molecule has 1 saturated heterocycles. The first-order valence-corrected chi connectivity index (χ1v) is 8.65. The lowest BCUT2D eigenvalue weighted by Crippen LogP contribution is -2.30. The van der Waals surface area contributed by atoms with E-state index in [0.29, 0.717) is 12.3 Å². The summed E-state index contributed by atoms with van der Waals surface area (Å²) in [5, 5.41) is 6.53. The standard InChI is InChI=1S/C14H20N2O2S/c17-19(18)8-2-5-13(19)10-15-9-12-4-1-3-11-6-7-16-14(11)12/h1,3-4,13,15-16H,2,5-10H2. The Morgan fingerprint density at radius 3 is 3.05 bits per heavy atom. The summed E-state index contributed by atoms with van der Waals surface area (Å²) < 4.78 is 23.5. The Balaban J connectivity index is 1.60. The molecule has 1 unspecified atom stereocenters. The molecule has 2 aliphatic heterocycles. The lowest BCUT2D eigenvalue weighted by atomic mass is 10.1. The van der Waals surface area contributed by atoms with Gasteiger partial charge in [-0.1, -0.05) is 18.2 Å². The first-order chi connectivity index (χ1) is 9.17. The molecule has 2 heterocycles. The molecule has 1 atom stereocenters. The van der Waals surface area contributed by atoms with E-state index in [0.717, 1.165) is 32.4 Å². The Labute approximate surface area is 114 Å². The SMILES string of the molecule is O=S1(=O)CCCC1CNCc1cccc2c1NCC2. The summed E-state index contributed by atoms with van der Waals surface area (Å²) in [6, 6.07) is 6.34. The third-order valence-electron chi connectivity index (χ3n) is 4.08. The van der Waals surface area contributed by atoms with Gasteiger partial charge in [-0.2, -0.15) is 0 Å². The summed E-state index contributed by atoms with van der Waals surface area (Å²) in [6.07, 6.45) is 2.71. The van der Waals surface area contributed by atoms with Crippen molar-refractivity contribution in [3.63, 3.8) is 0 Å². The van der Waals surface area contributed by atoms with E-state index in [1.54, 1.807) is 0 Å². The number of benzene rings is 1. The fourth-order valence-corrected chi connectivity index (χ4v) is 4.81. The first-order valence-electron chi connectivity index (χ1n) is 6.94. The Morgan fingerprint density at radius 1 is 1.37 bits per heavy atom. The van der Waals surface area contributed by atoms with Gasteiger partial charge in [-0.3, -0.25) is 0 Å². The molecule has 1 fully saturated rings. The molecule has 0 saturated carbocycles. The zero-order valence-corrected chi connectivity index (χ0v) is 11.8. The van der Waals surface area contributed by atoms with E-state index in [4.69, 9.17) is 0 Å². The van der Waals surface area contributed by atoms with Crippen LogP contribution in [0.3, 0.4) is 0 Å². The predicted molar refractivity (Wildman–Crippen MR) is 77.2 cm³/mol. The average Bonchev–Trinajstić information content (AvgIpc) is 2.96. The Hall–Kier alpha value is -1.07. The number of fused-ring (bicyclic) bond motifs is 1. The van der Waals surface area contributed by atoms with Gasteiger partial charge >= 0.3 is 0 Å². The van der Waals surface area contributed by atoms with Crippen LogP contribution in [-0.2, 0) is 22.8 Å².